The number of carbonyl (C=O) groups is 1. The largest absolute Gasteiger partial charge is 0.508 e. The predicted molar refractivity (Wildman–Crippen MR) is 143 cm³/mol. The molecule has 0 aliphatic carbocycles. The van der Waals surface area contributed by atoms with E-state index in [1.54, 1.807) is 24.3 Å². The number of nitrogens with two attached hydrogens (primary N) is 1. The molecule has 4 N–H and O–H groups in total. The first kappa shape index (κ1) is 22.9. The number of fused-ring (bicyclic) bond motifs is 6. The third kappa shape index (κ3) is 3.26. The van der Waals surface area contributed by atoms with E-state index in [0.717, 1.165) is 11.1 Å². The maximum absolute atomic E-state index is 13.1. The molecular formula is C29H22N2O5S. The molecule has 7 nitrogen and oxygen atoms in total. The second kappa shape index (κ2) is 7.97. The summed E-state index contributed by atoms with van der Waals surface area (Å²) in [6.07, 6.45) is 0. The van der Waals surface area contributed by atoms with Gasteiger partial charge in [-0.05, 0) is 79.7 Å². The van der Waals surface area contributed by atoms with Crippen LogP contribution in [0.5, 0.6) is 23.0 Å². The summed E-state index contributed by atoms with van der Waals surface area (Å²) >= 11 is 5.45. The van der Waals surface area contributed by atoms with Gasteiger partial charge in [-0.3, -0.25) is 4.90 Å². The first-order valence-corrected chi connectivity index (χ1v) is 12.0. The second-order valence-electron chi connectivity index (χ2n) is 9.23. The van der Waals surface area contributed by atoms with Crippen LogP contribution in [0.4, 0.5) is 11.4 Å². The molecule has 0 saturated carbocycles. The smallest absolute Gasteiger partial charge is 0.340 e. The van der Waals surface area contributed by atoms with Gasteiger partial charge in [0.25, 0.3) is 0 Å². The second-order valence-corrected chi connectivity index (χ2v) is 9.65. The fourth-order valence-electron chi connectivity index (χ4n) is 5.36. The molecule has 0 aromatic heterocycles. The molecule has 2 heterocycles. The summed E-state index contributed by atoms with van der Waals surface area (Å²) in [7, 11) is 0. The monoisotopic (exact) mass is 510 g/mol. The molecule has 1 unspecified atom stereocenters. The van der Waals surface area contributed by atoms with E-state index in [0.29, 0.717) is 27.9 Å². The van der Waals surface area contributed by atoms with Gasteiger partial charge in [-0.1, -0.05) is 24.3 Å². The predicted octanol–water partition coefficient (Wildman–Crippen LogP) is 5.66. The molecule has 0 fully saturated rings. The molecule has 4 aromatic carbocycles. The average molecular weight is 511 g/mol. The molecule has 184 valence electrons. The van der Waals surface area contributed by atoms with E-state index in [-0.39, 0.29) is 33.8 Å². The molecule has 0 saturated heterocycles. The summed E-state index contributed by atoms with van der Waals surface area (Å²) in [4.78, 5) is 14.6. The first-order chi connectivity index (χ1) is 17.7. The molecule has 0 bridgehead atoms. The molecular weight excluding hydrogens is 488 g/mol. The van der Waals surface area contributed by atoms with Crippen LogP contribution in [-0.2, 0) is 10.3 Å². The Bertz CT molecular complexity index is 1630. The molecule has 4 aromatic rings. The van der Waals surface area contributed by atoms with Crippen LogP contribution in [0.3, 0.4) is 0 Å². The highest BCUT2D eigenvalue weighted by atomic mass is 32.1. The zero-order valence-corrected chi connectivity index (χ0v) is 20.8. The van der Waals surface area contributed by atoms with Crippen molar-refractivity contribution >= 4 is 34.7 Å². The van der Waals surface area contributed by atoms with Gasteiger partial charge >= 0.3 is 5.97 Å². The van der Waals surface area contributed by atoms with Crippen molar-refractivity contribution in [3.05, 3.63) is 106 Å². The molecule has 8 heteroatoms. The number of aryl methyl sites for hydroxylation is 2. The van der Waals surface area contributed by atoms with Gasteiger partial charge in [0, 0.05) is 22.9 Å². The number of ether oxygens (including phenoxy) is 2. The standard InChI is InChI=1S/C29H22N2O5S/c1-15-11-16(2)13-17(12-15)31(28(30)37)25-23(33)10-9-22-26(25)35-24-14-18(32)7-8-21(24)29(22)20-6-4-3-5-19(20)27(34)36-29/h3-14,32-33H,1-2H3,(H2,30,37). The van der Waals surface area contributed by atoms with Crippen LogP contribution in [0.25, 0.3) is 0 Å². The lowest BCUT2D eigenvalue weighted by Gasteiger charge is -2.38. The van der Waals surface area contributed by atoms with Crippen molar-refractivity contribution in [2.24, 2.45) is 5.73 Å². The number of phenols is 2. The summed E-state index contributed by atoms with van der Waals surface area (Å²) in [5, 5.41) is 21.4. The number of nitrogens with zero attached hydrogens (tertiary/aromatic N) is 1. The number of hydrogen-bond donors (Lipinski definition) is 3. The van der Waals surface area contributed by atoms with E-state index in [9.17, 15) is 15.0 Å². The Morgan fingerprint density at radius 1 is 0.919 bits per heavy atom. The molecule has 37 heavy (non-hydrogen) atoms. The fourth-order valence-corrected chi connectivity index (χ4v) is 5.56. The summed E-state index contributed by atoms with van der Waals surface area (Å²) in [5.74, 6) is -0.182. The SMILES string of the molecule is Cc1cc(C)cc(N(C(N)=S)c2c(O)ccc3c2Oc2cc(O)ccc2C32OC(=O)c3ccccc32)c1. The lowest BCUT2D eigenvalue weighted by molar-refractivity contribution is 0.0224. The van der Waals surface area contributed by atoms with Gasteiger partial charge in [0.05, 0.1) is 11.1 Å². The Hall–Kier alpha value is -4.56. The number of rotatable bonds is 2. The van der Waals surface area contributed by atoms with Gasteiger partial charge < -0.3 is 25.4 Å². The Balaban J connectivity index is 1.70. The van der Waals surface area contributed by atoms with E-state index < -0.39 is 11.6 Å². The van der Waals surface area contributed by atoms with Crippen LogP contribution in [0.15, 0.2) is 72.8 Å². The highest BCUT2D eigenvalue weighted by molar-refractivity contribution is 7.80. The summed E-state index contributed by atoms with van der Waals surface area (Å²) < 4.78 is 12.5. The zero-order chi connectivity index (χ0) is 26.1. The lowest BCUT2D eigenvalue weighted by Crippen LogP contribution is -2.35. The van der Waals surface area contributed by atoms with Crippen LogP contribution < -0.4 is 15.4 Å². The van der Waals surface area contributed by atoms with Gasteiger partial charge in [0.15, 0.2) is 16.5 Å². The number of benzene rings is 4. The number of thiocarbonyl (C=S) groups is 1. The Labute approximate surface area is 218 Å². The number of hydrogen-bond acceptors (Lipinski definition) is 6. The number of aromatic hydroxyl groups is 2. The lowest BCUT2D eigenvalue weighted by atomic mass is 9.77. The van der Waals surface area contributed by atoms with Crippen LogP contribution in [0.1, 0.15) is 38.2 Å². The van der Waals surface area contributed by atoms with Gasteiger partial charge in [0.2, 0.25) is 0 Å². The van der Waals surface area contributed by atoms with Gasteiger partial charge in [-0.15, -0.1) is 0 Å². The maximum atomic E-state index is 13.1. The Morgan fingerprint density at radius 2 is 1.62 bits per heavy atom. The molecule has 0 radical (unpaired) electrons. The van der Waals surface area contributed by atoms with Gasteiger partial charge in [0.1, 0.15) is 22.9 Å². The third-order valence-electron chi connectivity index (χ3n) is 6.73. The van der Waals surface area contributed by atoms with E-state index in [1.807, 2.05) is 44.2 Å². The van der Waals surface area contributed by atoms with Crippen molar-refractivity contribution < 1.29 is 24.5 Å². The van der Waals surface area contributed by atoms with Crippen molar-refractivity contribution in [1.29, 1.82) is 0 Å². The average Bonchev–Trinajstić information content (AvgIpc) is 3.13. The molecule has 6 rings (SSSR count). The minimum atomic E-state index is -1.38. The molecule has 0 amide bonds. The fraction of sp³-hybridized carbons (Fsp3) is 0.103. The minimum absolute atomic E-state index is 0.0168. The van der Waals surface area contributed by atoms with Crippen molar-refractivity contribution in [1.82, 2.24) is 0 Å². The summed E-state index contributed by atoms with van der Waals surface area (Å²) in [6.45, 7) is 3.90. The highest BCUT2D eigenvalue weighted by Gasteiger charge is 2.54. The van der Waals surface area contributed by atoms with Gasteiger partial charge in [-0.25, -0.2) is 4.79 Å². The van der Waals surface area contributed by atoms with E-state index in [4.69, 9.17) is 27.4 Å². The van der Waals surface area contributed by atoms with Crippen LogP contribution >= 0.6 is 12.2 Å². The number of carbonyl (C=O) groups excluding carboxylic acids is 1. The van der Waals surface area contributed by atoms with Crippen LogP contribution in [0, 0.1) is 13.8 Å². The summed E-state index contributed by atoms with van der Waals surface area (Å²) in [5.41, 5.74) is 9.72. The van der Waals surface area contributed by atoms with Crippen molar-refractivity contribution in [2.45, 2.75) is 19.4 Å². The first-order valence-electron chi connectivity index (χ1n) is 11.6. The van der Waals surface area contributed by atoms with E-state index in [1.165, 1.54) is 23.1 Å². The third-order valence-corrected chi connectivity index (χ3v) is 6.91. The number of esters is 1. The molecule has 1 spiro atoms. The van der Waals surface area contributed by atoms with Crippen molar-refractivity contribution in [3.8, 4) is 23.0 Å². The van der Waals surface area contributed by atoms with Crippen LogP contribution in [-0.4, -0.2) is 21.3 Å². The van der Waals surface area contributed by atoms with Crippen LogP contribution in [0.2, 0.25) is 0 Å². The minimum Gasteiger partial charge on any atom is -0.508 e. The number of anilines is 2. The van der Waals surface area contributed by atoms with Crippen molar-refractivity contribution in [3.63, 3.8) is 0 Å². The highest BCUT2D eigenvalue weighted by Crippen LogP contribution is 2.60. The molecule has 2 aliphatic heterocycles. The summed E-state index contributed by atoms with van der Waals surface area (Å²) in [6, 6.07) is 20.8. The van der Waals surface area contributed by atoms with E-state index >= 15 is 0 Å². The zero-order valence-electron chi connectivity index (χ0n) is 20.0. The maximum Gasteiger partial charge on any atom is 0.340 e. The topological polar surface area (TPSA) is 105 Å². The molecule has 2 aliphatic rings. The van der Waals surface area contributed by atoms with E-state index in [2.05, 4.69) is 0 Å². The van der Waals surface area contributed by atoms with Crippen molar-refractivity contribution in [2.75, 3.05) is 4.90 Å². The Kier molecular flexibility index (Phi) is 4.93. The van der Waals surface area contributed by atoms with Gasteiger partial charge in [-0.2, -0.15) is 0 Å². The normalized spacial score (nSPS) is 16.9. The molecule has 1 atom stereocenters. The number of phenolic OH excluding ortho intramolecular Hbond substituents is 2. The quantitative estimate of drug-likeness (QED) is 0.234. The Morgan fingerprint density at radius 3 is 2.35 bits per heavy atom.